The van der Waals surface area contributed by atoms with Crippen molar-refractivity contribution in [2.24, 2.45) is 0 Å². The van der Waals surface area contributed by atoms with E-state index in [-0.39, 0.29) is 10.0 Å². The van der Waals surface area contributed by atoms with Gasteiger partial charge in [-0.3, -0.25) is 0 Å². The molecule has 0 saturated heterocycles. The Balaban J connectivity index is 2.69. The maximum atomic E-state index is 12.6. The van der Waals surface area contributed by atoms with Crippen molar-refractivity contribution in [3.05, 3.63) is 35.6 Å². The molecule has 0 bridgehead atoms. The second-order valence-electron chi connectivity index (χ2n) is 3.11. The van der Waals surface area contributed by atoms with Crippen LogP contribution in [0.5, 0.6) is 0 Å². The van der Waals surface area contributed by atoms with Crippen molar-refractivity contribution in [3.8, 4) is 0 Å². The second-order valence-corrected chi connectivity index (χ2v) is 5.48. The number of rotatable bonds is 3. The maximum Gasteiger partial charge on any atom is 0.123 e. The summed E-state index contributed by atoms with van der Waals surface area (Å²) in [5.74, 6) is -0.204. The van der Waals surface area contributed by atoms with Gasteiger partial charge in [-0.15, -0.1) is 23.4 Å². The Morgan fingerprint density at radius 1 is 1.38 bits per heavy atom. The highest BCUT2D eigenvalue weighted by Crippen LogP contribution is 2.30. The number of thioether (sulfide) groups is 1. The zero-order valence-electron chi connectivity index (χ0n) is 7.68. The summed E-state index contributed by atoms with van der Waals surface area (Å²) in [4.78, 5) is 0. The van der Waals surface area contributed by atoms with E-state index in [0.29, 0.717) is 0 Å². The molecule has 1 aromatic rings. The Bertz CT molecular complexity index is 269. The molecule has 1 rings (SSSR count). The lowest BCUT2D eigenvalue weighted by Gasteiger charge is -2.18. The predicted octanol–water partition coefficient (Wildman–Crippen LogP) is 3.69. The van der Waals surface area contributed by atoms with Crippen LogP contribution in [0.15, 0.2) is 24.3 Å². The second kappa shape index (κ2) is 4.34. The van der Waals surface area contributed by atoms with Gasteiger partial charge in [0.2, 0.25) is 0 Å². The van der Waals surface area contributed by atoms with Crippen molar-refractivity contribution in [2.75, 3.05) is 6.26 Å². The first-order valence-corrected chi connectivity index (χ1v) is 5.62. The highest BCUT2D eigenvalue weighted by molar-refractivity contribution is 8.01. The normalized spacial score (nSPS) is 15.4. The van der Waals surface area contributed by atoms with Crippen LogP contribution in [0.3, 0.4) is 0 Å². The molecule has 0 radical (unpaired) electrons. The van der Waals surface area contributed by atoms with Gasteiger partial charge in [-0.25, -0.2) is 4.39 Å². The summed E-state index contributed by atoms with van der Waals surface area (Å²) in [6, 6.07) is 6.46. The fourth-order valence-electron chi connectivity index (χ4n) is 1.04. The van der Waals surface area contributed by atoms with Crippen molar-refractivity contribution >= 4 is 23.4 Å². The Labute approximate surface area is 87.5 Å². The average molecular weight is 219 g/mol. The third-order valence-electron chi connectivity index (χ3n) is 1.86. The lowest BCUT2D eigenvalue weighted by Crippen LogP contribution is -2.13. The number of halogens is 2. The molecule has 0 aliphatic carbocycles. The molecular formula is C10H12ClFS. The van der Waals surface area contributed by atoms with Crippen LogP contribution in [0.4, 0.5) is 4.39 Å². The fourth-order valence-corrected chi connectivity index (χ4v) is 1.50. The van der Waals surface area contributed by atoms with Crippen molar-refractivity contribution in [1.82, 2.24) is 0 Å². The van der Waals surface area contributed by atoms with Gasteiger partial charge in [0.1, 0.15) is 5.82 Å². The molecule has 0 fully saturated rings. The summed E-state index contributed by atoms with van der Waals surface area (Å²) in [6.45, 7) is 1.96. The predicted molar refractivity (Wildman–Crippen MR) is 57.9 cm³/mol. The topological polar surface area (TPSA) is 0 Å². The van der Waals surface area contributed by atoms with Crippen molar-refractivity contribution in [1.29, 1.82) is 0 Å². The van der Waals surface area contributed by atoms with Crippen molar-refractivity contribution < 1.29 is 4.39 Å². The smallest absolute Gasteiger partial charge is 0.123 e. The third kappa shape index (κ3) is 3.57. The van der Waals surface area contributed by atoms with Crippen LogP contribution in [-0.2, 0) is 6.42 Å². The Kier molecular flexibility index (Phi) is 3.63. The minimum Gasteiger partial charge on any atom is -0.207 e. The van der Waals surface area contributed by atoms with Crippen LogP contribution in [0.25, 0.3) is 0 Å². The minimum absolute atomic E-state index is 0.204. The molecule has 0 amide bonds. The maximum absolute atomic E-state index is 12.6. The van der Waals surface area contributed by atoms with E-state index in [1.54, 1.807) is 23.9 Å². The number of hydrogen-bond acceptors (Lipinski definition) is 1. The van der Waals surface area contributed by atoms with E-state index in [4.69, 9.17) is 11.6 Å². The molecule has 1 aromatic carbocycles. The molecule has 0 aromatic heterocycles. The molecule has 1 atom stereocenters. The first-order valence-electron chi connectivity index (χ1n) is 4.02. The highest BCUT2D eigenvalue weighted by Gasteiger charge is 2.19. The van der Waals surface area contributed by atoms with E-state index < -0.39 is 0 Å². The molecule has 3 heteroatoms. The Hall–Kier alpha value is -0.210. The quantitative estimate of drug-likeness (QED) is 0.698. The van der Waals surface area contributed by atoms with E-state index in [2.05, 4.69) is 0 Å². The van der Waals surface area contributed by atoms with Gasteiger partial charge in [0.15, 0.2) is 0 Å². The molecule has 1 unspecified atom stereocenters. The van der Waals surface area contributed by atoms with Crippen LogP contribution in [-0.4, -0.2) is 10.5 Å². The standard InChI is InChI=1S/C10H12ClFS/c1-10(11,13-2)7-8-3-5-9(12)6-4-8/h3-6H,7H2,1-2H3. The molecule has 72 valence electrons. The molecule has 0 heterocycles. The summed E-state index contributed by atoms with van der Waals surface area (Å²) >= 11 is 7.76. The van der Waals surface area contributed by atoms with Crippen LogP contribution in [0.2, 0.25) is 0 Å². The first-order chi connectivity index (χ1) is 6.03. The number of alkyl halides is 1. The molecular weight excluding hydrogens is 207 g/mol. The molecule has 13 heavy (non-hydrogen) atoms. The van der Waals surface area contributed by atoms with Gasteiger partial charge in [-0.2, -0.15) is 0 Å². The SMILES string of the molecule is CSC(C)(Cl)Cc1ccc(F)cc1. The minimum atomic E-state index is -0.294. The Morgan fingerprint density at radius 2 is 1.92 bits per heavy atom. The first kappa shape index (κ1) is 10.9. The van der Waals surface area contributed by atoms with Gasteiger partial charge < -0.3 is 0 Å². The van der Waals surface area contributed by atoms with Crippen molar-refractivity contribution in [3.63, 3.8) is 0 Å². The molecule has 0 nitrogen and oxygen atoms in total. The summed E-state index contributed by atoms with van der Waals surface area (Å²) in [6.07, 6.45) is 2.71. The summed E-state index contributed by atoms with van der Waals surface area (Å²) in [5, 5.41) is 0. The largest absolute Gasteiger partial charge is 0.207 e. The Morgan fingerprint density at radius 3 is 2.38 bits per heavy atom. The van der Waals surface area contributed by atoms with Gasteiger partial charge in [0.05, 0.1) is 4.21 Å². The van der Waals surface area contributed by atoms with Crippen LogP contribution in [0, 0.1) is 5.82 Å². The monoisotopic (exact) mass is 218 g/mol. The highest BCUT2D eigenvalue weighted by atomic mass is 35.5. The van der Waals surface area contributed by atoms with Crippen LogP contribution in [0.1, 0.15) is 12.5 Å². The molecule has 0 aliphatic heterocycles. The van der Waals surface area contributed by atoms with Crippen LogP contribution < -0.4 is 0 Å². The lowest BCUT2D eigenvalue weighted by atomic mass is 10.1. The molecule has 0 spiro atoms. The number of hydrogen-bond donors (Lipinski definition) is 0. The third-order valence-corrected chi connectivity index (χ3v) is 3.45. The van der Waals surface area contributed by atoms with E-state index in [0.717, 1.165) is 12.0 Å². The van der Waals surface area contributed by atoms with Crippen molar-refractivity contribution in [2.45, 2.75) is 17.6 Å². The summed E-state index contributed by atoms with van der Waals surface area (Å²) in [5.41, 5.74) is 1.06. The van der Waals surface area contributed by atoms with E-state index in [9.17, 15) is 4.39 Å². The fraction of sp³-hybridized carbons (Fsp3) is 0.400. The summed E-state index contributed by atoms with van der Waals surface area (Å²) < 4.78 is 12.3. The molecule has 0 aliphatic rings. The van der Waals surface area contributed by atoms with Gasteiger partial charge >= 0.3 is 0 Å². The lowest BCUT2D eigenvalue weighted by molar-refractivity contribution is 0.626. The number of benzene rings is 1. The summed E-state index contributed by atoms with van der Waals surface area (Å²) in [7, 11) is 0. The molecule has 0 N–H and O–H groups in total. The van der Waals surface area contributed by atoms with Gasteiger partial charge in [-0.1, -0.05) is 12.1 Å². The zero-order chi connectivity index (χ0) is 9.90. The van der Waals surface area contributed by atoms with Gasteiger partial charge in [0.25, 0.3) is 0 Å². The van der Waals surface area contributed by atoms with E-state index in [1.807, 2.05) is 13.2 Å². The van der Waals surface area contributed by atoms with E-state index in [1.165, 1.54) is 12.1 Å². The average Bonchev–Trinajstić information content (AvgIpc) is 2.09. The van der Waals surface area contributed by atoms with Gasteiger partial charge in [-0.05, 0) is 30.9 Å². The zero-order valence-corrected chi connectivity index (χ0v) is 9.25. The van der Waals surface area contributed by atoms with Gasteiger partial charge in [0, 0.05) is 6.42 Å². The van der Waals surface area contributed by atoms with Crippen LogP contribution >= 0.6 is 23.4 Å². The molecule has 0 saturated carbocycles. The van der Waals surface area contributed by atoms with E-state index >= 15 is 0 Å².